The Labute approximate surface area is 207 Å². The zero-order chi connectivity index (χ0) is 24.9. The molecule has 34 heavy (non-hydrogen) atoms. The van der Waals surface area contributed by atoms with Gasteiger partial charge in [-0.2, -0.15) is 16.8 Å². The quantitative estimate of drug-likeness (QED) is 0.115. The van der Waals surface area contributed by atoms with E-state index < -0.39 is 30.5 Å². The summed E-state index contributed by atoms with van der Waals surface area (Å²) in [4.78, 5) is 21.6. The second-order valence-electron chi connectivity index (χ2n) is 8.14. The van der Waals surface area contributed by atoms with Gasteiger partial charge in [0.2, 0.25) is 0 Å². The van der Waals surface area contributed by atoms with Crippen molar-refractivity contribution in [2.75, 3.05) is 0 Å². The van der Waals surface area contributed by atoms with Gasteiger partial charge in [-0.3, -0.25) is 18.7 Å². The van der Waals surface area contributed by atoms with Crippen molar-refractivity contribution in [2.45, 2.75) is 129 Å². The Morgan fingerprint density at radius 2 is 0.676 bits per heavy atom. The van der Waals surface area contributed by atoms with Gasteiger partial charge in [0.05, 0.1) is 0 Å². The average Bonchev–Trinajstić information content (AvgIpc) is 2.70. The van der Waals surface area contributed by atoms with E-state index >= 15 is 0 Å². The molecule has 0 heterocycles. The summed E-state index contributed by atoms with van der Waals surface area (Å²) in [6.07, 6.45) is 16.9. The number of unbranched alkanes of at least 4 members (excludes halogenated alkanes) is 14. The lowest BCUT2D eigenvalue weighted by molar-refractivity contribution is -0.113. The molecule has 0 amide bonds. The van der Waals surface area contributed by atoms with Crippen LogP contribution < -0.4 is 12.3 Å². The average molecular weight is 535 g/mol. The number of rotatable bonds is 18. The highest BCUT2D eigenvalue weighted by atomic mass is 32.2. The third-order valence-corrected chi connectivity index (χ3v) is 6.60. The summed E-state index contributed by atoms with van der Waals surface area (Å²) in [5, 5.41) is -2.11. The smallest absolute Gasteiger partial charge is 0.328 e. The molecular weight excluding hydrogens is 484 g/mol. The Hall–Kier alpha value is -0.920. The number of hydrogen-bond acceptors (Lipinski definition) is 8. The van der Waals surface area contributed by atoms with E-state index in [0.717, 1.165) is 38.5 Å². The summed E-state index contributed by atoms with van der Waals surface area (Å²) in [5.41, 5.74) is 0. The highest BCUT2D eigenvalue weighted by Crippen LogP contribution is 2.11. The lowest BCUT2D eigenvalue weighted by atomic mass is 10.1. The fraction of sp³-hybridized carbons (Fsp3) is 0.909. The molecule has 0 aromatic carbocycles. The van der Waals surface area contributed by atoms with Gasteiger partial charge in [-0.25, -0.2) is 0 Å². The van der Waals surface area contributed by atoms with E-state index in [1.54, 1.807) is 0 Å². The van der Waals surface area contributed by atoms with Crippen molar-refractivity contribution in [3.8, 4) is 0 Å². The van der Waals surface area contributed by atoms with Crippen LogP contribution in [-0.4, -0.2) is 36.2 Å². The maximum atomic E-state index is 10.8. The summed E-state index contributed by atoms with van der Waals surface area (Å²) in [5.74, 6) is 0. The fourth-order valence-corrected chi connectivity index (χ4v) is 3.87. The van der Waals surface area contributed by atoms with E-state index in [1.807, 2.05) is 0 Å². The molecule has 0 saturated heterocycles. The summed E-state index contributed by atoms with van der Waals surface area (Å²) in [6, 6.07) is 0. The van der Waals surface area contributed by atoms with Crippen LogP contribution in [0.2, 0.25) is 0 Å². The molecule has 0 fully saturated rings. The van der Waals surface area contributed by atoms with E-state index in [2.05, 4.69) is 13.8 Å². The van der Waals surface area contributed by atoms with Crippen LogP contribution >= 0.6 is 0 Å². The van der Waals surface area contributed by atoms with Crippen molar-refractivity contribution in [3.63, 3.8) is 0 Å². The van der Waals surface area contributed by atoms with Crippen molar-refractivity contribution in [1.29, 1.82) is 0 Å². The molecule has 0 saturated carbocycles. The van der Waals surface area contributed by atoms with E-state index in [1.165, 1.54) is 51.4 Å². The Kier molecular flexibility index (Phi) is 29.8. The molecule has 0 aliphatic carbocycles. The summed E-state index contributed by atoms with van der Waals surface area (Å²) >= 11 is 0. The van der Waals surface area contributed by atoms with E-state index in [0.29, 0.717) is 12.8 Å². The first-order chi connectivity index (χ1) is 15.0. The topological polar surface area (TPSA) is 213 Å². The molecule has 8 N–H and O–H groups in total. The molecule has 0 aliphatic rings. The van der Waals surface area contributed by atoms with Gasteiger partial charge in [0.1, 0.15) is 0 Å². The minimum atomic E-state index is -4.45. The number of carbonyl (C=O) groups is 2. The van der Waals surface area contributed by atoms with Crippen LogP contribution in [0.5, 0.6) is 0 Å². The second-order valence-corrected chi connectivity index (χ2v) is 11.0. The highest BCUT2D eigenvalue weighted by molar-refractivity contribution is 8.01. The first-order valence-corrected chi connectivity index (χ1v) is 14.8. The van der Waals surface area contributed by atoms with Crippen LogP contribution in [0.1, 0.15) is 129 Å². The van der Waals surface area contributed by atoms with Gasteiger partial charge < -0.3 is 12.3 Å². The minimum Gasteiger partial charge on any atom is -0.344 e. The van der Waals surface area contributed by atoms with Gasteiger partial charge in [-0.1, -0.05) is 104 Å². The third-order valence-electron chi connectivity index (χ3n) is 5.04. The van der Waals surface area contributed by atoms with Gasteiger partial charge in [0.25, 0.3) is 10.2 Å². The molecule has 0 radical (unpaired) electrons. The predicted octanol–water partition coefficient (Wildman–Crippen LogP) is 6.19. The van der Waals surface area contributed by atoms with Crippen LogP contribution in [0.25, 0.3) is 0 Å². The lowest BCUT2D eigenvalue weighted by Gasteiger charge is -2.00. The van der Waals surface area contributed by atoms with Crippen molar-refractivity contribution < 1.29 is 35.5 Å². The summed E-state index contributed by atoms with van der Waals surface area (Å²) in [7, 11) is -8.89. The van der Waals surface area contributed by atoms with Gasteiger partial charge in [0.15, 0.2) is 0 Å². The van der Waals surface area contributed by atoms with E-state index in [4.69, 9.17) is 9.11 Å². The first kappa shape index (κ1) is 40.3. The molecule has 0 aliphatic heterocycles. The lowest BCUT2D eigenvalue weighted by Crippen LogP contribution is -2.12. The fourth-order valence-electron chi connectivity index (χ4n) is 3.06. The Balaban J connectivity index is -0.000000250. The maximum Gasteiger partial charge on any atom is 0.328 e. The molecule has 10 nitrogen and oxygen atoms in total. The van der Waals surface area contributed by atoms with E-state index in [-0.39, 0.29) is 25.1 Å². The third kappa shape index (κ3) is 29.1. The van der Waals surface area contributed by atoms with Crippen LogP contribution in [-0.2, 0) is 29.8 Å². The molecular formula is C22H50N2O8S2. The van der Waals surface area contributed by atoms with Crippen LogP contribution in [0.4, 0.5) is 0 Å². The Morgan fingerprint density at radius 3 is 0.882 bits per heavy atom. The van der Waals surface area contributed by atoms with Gasteiger partial charge in [0, 0.05) is 12.8 Å². The minimum absolute atomic E-state index is 0. The molecule has 0 aromatic rings. The van der Waals surface area contributed by atoms with Crippen LogP contribution in [0.3, 0.4) is 0 Å². The Morgan fingerprint density at radius 1 is 0.471 bits per heavy atom. The van der Waals surface area contributed by atoms with Crippen molar-refractivity contribution in [3.05, 3.63) is 0 Å². The highest BCUT2D eigenvalue weighted by Gasteiger charge is 2.17. The molecule has 0 rings (SSSR count). The van der Waals surface area contributed by atoms with Crippen LogP contribution in [0, 0.1) is 0 Å². The molecule has 0 atom stereocenters. The SMILES string of the molecule is CCCCCCCCCCC(=O)S(=O)(=O)O.CCCCCCCCCCC(=O)S(=O)(=O)O.N.N. The predicted molar refractivity (Wildman–Crippen MR) is 138 cm³/mol. The standard InChI is InChI=1S/2C11H22O4S.2H3N/c2*1-2-3-4-5-6-7-8-9-10-11(12)16(13,14)15;;/h2*2-10H2,1H3,(H,13,14,15);2*1H3. The van der Waals surface area contributed by atoms with Crippen molar-refractivity contribution in [2.24, 2.45) is 0 Å². The van der Waals surface area contributed by atoms with E-state index in [9.17, 15) is 26.4 Å². The molecule has 0 spiro atoms. The summed E-state index contributed by atoms with van der Waals surface area (Å²) < 4.78 is 58.3. The molecule has 0 unspecified atom stereocenters. The van der Waals surface area contributed by atoms with Crippen molar-refractivity contribution >= 4 is 30.5 Å². The zero-order valence-corrected chi connectivity index (χ0v) is 22.9. The van der Waals surface area contributed by atoms with Gasteiger partial charge >= 0.3 is 20.2 Å². The van der Waals surface area contributed by atoms with Gasteiger partial charge in [-0.05, 0) is 12.8 Å². The molecule has 208 valence electrons. The maximum absolute atomic E-state index is 10.8. The Bertz CT molecular complexity index is 636. The first-order valence-electron chi connectivity index (χ1n) is 12.0. The molecule has 12 heteroatoms. The largest absolute Gasteiger partial charge is 0.344 e. The number of hydrogen-bond donors (Lipinski definition) is 4. The number of carbonyl (C=O) groups excluding carboxylic acids is 2. The van der Waals surface area contributed by atoms with Crippen molar-refractivity contribution in [1.82, 2.24) is 12.3 Å². The normalized spacial score (nSPS) is 10.9. The molecule has 0 aromatic heterocycles. The second kappa shape index (κ2) is 25.2. The zero-order valence-electron chi connectivity index (χ0n) is 21.3. The molecule has 0 bridgehead atoms. The van der Waals surface area contributed by atoms with Gasteiger partial charge in [-0.15, -0.1) is 0 Å². The van der Waals surface area contributed by atoms with Crippen LogP contribution in [0.15, 0.2) is 0 Å². The summed E-state index contributed by atoms with van der Waals surface area (Å²) in [6.45, 7) is 4.34. The monoisotopic (exact) mass is 534 g/mol.